The second-order valence-corrected chi connectivity index (χ2v) is 4.09. The Balaban J connectivity index is 2.14. The number of nitrogens with one attached hydrogen (secondary N) is 2. The molecule has 0 aromatic carbocycles. The normalized spacial score (nSPS) is 10.4. The Morgan fingerprint density at radius 2 is 2.00 bits per heavy atom. The second-order valence-electron chi connectivity index (χ2n) is 4.09. The van der Waals surface area contributed by atoms with Crippen LogP contribution in [0.4, 0.5) is 17.6 Å². The molecule has 2 rings (SSSR count). The second kappa shape index (κ2) is 5.48. The third-order valence-electron chi connectivity index (χ3n) is 2.28. The van der Waals surface area contributed by atoms with E-state index in [9.17, 15) is 0 Å². The van der Waals surface area contributed by atoms with Gasteiger partial charge in [0.15, 0.2) is 5.82 Å². The number of anilines is 3. The molecule has 2 aromatic rings. The molecule has 2 N–H and O–H groups in total. The van der Waals surface area contributed by atoms with Crippen LogP contribution >= 0.6 is 0 Å². The van der Waals surface area contributed by atoms with Crippen molar-refractivity contribution >= 4 is 17.6 Å². The summed E-state index contributed by atoms with van der Waals surface area (Å²) in [6.45, 7) is 6.76. The molecule has 0 bridgehead atoms. The zero-order valence-corrected chi connectivity index (χ0v) is 10.8. The molecular weight excluding hydrogens is 230 g/mol. The molecule has 0 atom stereocenters. The van der Waals surface area contributed by atoms with E-state index in [1.165, 1.54) is 0 Å². The molecule has 2 heterocycles. The van der Waals surface area contributed by atoms with Gasteiger partial charge in [-0.15, -0.1) is 0 Å². The van der Waals surface area contributed by atoms with Crippen molar-refractivity contribution in [2.24, 2.45) is 0 Å². The van der Waals surface area contributed by atoms with Gasteiger partial charge in [0.25, 0.3) is 0 Å². The summed E-state index contributed by atoms with van der Waals surface area (Å²) in [7, 11) is 0. The van der Waals surface area contributed by atoms with E-state index in [2.05, 4.69) is 32.7 Å². The Labute approximate surface area is 106 Å². The van der Waals surface area contributed by atoms with Gasteiger partial charge < -0.3 is 15.2 Å². The van der Waals surface area contributed by atoms with Crippen LogP contribution in [0.1, 0.15) is 24.8 Å². The molecule has 18 heavy (non-hydrogen) atoms. The Bertz CT molecular complexity index is 523. The Kier molecular flexibility index (Phi) is 3.76. The van der Waals surface area contributed by atoms with E-state index in [1.54, 1.807) is 6.07 Å². The number of rotatable bonds is 5. The van der Waals surface area contributed by atoms with Crippen LogP contribution < -0.4 is 10.6 Å². The predicted molar refractivity (Wildman–Crippen MR) is 70.1 cm³/mol. The fraction of sp³-hybridized carbons (Fsp3) is 0.417. The van der Waals surface area contributed by atoms with Crippen molar-refractivity contribution in [1.82, 2.24) is 15.1 Å². The molecule has 0 spiro atoms. The van der Waals surface area contributed by atoms with E-state index in [0.717, 1.165) is 30.2 Å². The first kappa shape index (κ1) is 12.3. The standard InChI is InChI=1S/C12H17N5O/c1-4-5-13-10-6-8(2)14-12(15-10)16-11-7-9(3)18-17-11/h6-7H,4-5H2,1-3H3,(H2,13,14,15,16,17). The maximum Gasteiger partial charge on any atom is 0.230 e. The molecule has 0 radical (unpaired) electrons. The molecule has 2 aromatic heterocycles. The molecule has 0 aliphatic carbocycles. The smallest absolute Gasteiger partial charge is 0.230 e. The van der Waals surface area contributed by atoms with Gasteiger partial charge in [-0.2, -0.15) is 4.98 Å². The predicted octanol–water partition coefficient (Wildman–Crippen LogP) is 2.65. The van der Waals surface area contributed by atoms with Gasteiger partial charge in [-0.25, -0.2) is 4.98 Å². The van der Waals surface area contributed by atoms with Gasteiger partial charge in [-0.3, -0.25) is 0 Å². The van der Waals surface area contributed by atoms with Crippen molar-refractivity contribution in [2.75, 3.05) is 17.2 Å². The summed E-state index contributed by atoms with van der Waals surface area (Å²) in [6, 6.07) is 3.71. The fourth-order valence-electron chi connectivity index (χ4n) is 1.51. The van der Waals surface area contributed by atoms with Crippen LogP contribution in [0.15, 0.2) is 16.7 Å². The van der Waals surface area contributed by atoms with E-state index >= 15 is 0 Å². The number of aryl methyl sites for hydroxylation is 2. The van der Waals surface area contributed by atoms with E-state index in [4.69, 9.17) is 4.52 Å². The van der Waals surface area contributed by atoms with Crippen LogP contribution in [0.25, 0.3) is 0 Å². The maximum atomic E-state index is 4.98. The topological polar surface area (TPSA) is 75.9 Å². The van der Waals surface area contributed by atoms with E-state index < -0.39 is 0 Å². The average Bonchev–Trinajstić information content (AvgIpc) is 2.71. The lowest BCUT2D eigenvalue weighted by atomic mass is 10.4. The highest BCUT2D eigenvalue weighted by Crippen LogP contribution is 2.15. The summed E-state index contributed by atoms with van der Waals surface area (Å²) in [6.07, 6.45) is 1.05. The zero-order valence-electron chi connectivity index (χ0n) is 10.8. The number of hydrogen-bond donors (Lipinski definition) is 2. The van der Waals surface area contributed by atoms with Gasteiger partial charge in [0.1, 0.15) is 11.6 Å². The van der Waals surface area contributed by atoms with Gasteiger partial charge in [-0.05, 0) is 20.3 Å². The average molecular weight is 247 g/mol. The lowest BCUT2D eigenvalue weighted by Crippen LogP contribution is -2.06. The first-order chi connectivity index (χ1) is 8.67. The Morgan fingerprint density at radius 1 is 1.17 bits per heavy atom. The largest absolute Gasteiger partial charge is 0.370 e. The van der Waals surface area contributed by atoms with Gasteiger partial charge in [0.2, 0.25) is 5.95 Å². The minimum atomic E-state index is 0.516. The van der Waals surface area contributed by atoms with Crippen LogP contribution in [0.5, 0.6) is 0 Å². The molecule has 6 nitrogen and oxygen atoms in total. The maximum absolute atomic E-state index is 4.98. The van der Waals surface area contributed by atoms with E-state index in [1.807, 2.05) is 19.9 Å². The summed E-state index contributed by atoms with van der Waals surface area (Å²) in [5.74, 6) is 2.68. The molecule has 0 aliphatic heterocycles. The minimum absolute atomic E-state index is 0.516. The lowest BCUT2D eigenvalue weighted by Gasteiger charge is -2.07. The van der Waals surface area contributed by atoms with Crippen molar-refractivity contribution in [1.29, 1.82) is 0 Å². The highest BCUT2D eigenvalue weighted by molar-refractivity contribution is 5.50. The van der Waals surface area contributed by atoms with Gasteiger partial charge >= 0.3 is 0 Å². The molecule has 0 saturated heterocycles. The monoisotopic (exact) mass is 247 g/mol. The van der Waals surface area contributed by atoms with Crippen molar-refractivity contribution in [2.45, 2.75) is 27.2 Å². The SMILES string of the molecule is CCCNc1cc(C)nc(Nc2cc(C)on2)n1. The van der Waals surface area contributed by atoms with Crippen molar-refractivity contribution in [3.05, 3.63) is 23.6 Å². The quantitative estimate of drug-likeness (QED) is 0.846. The molecule has 0 unspecified atom stereocenters. The van der Waals surface area contributed by atoms with Crippen LogP contribution in [0, 0.1) is 13.8 Å². The zero-order chi connectivity index (χ0) is 13.0. The summed E-state index contributed by atoms with van der Waals surface area (Å²) < 4.78 is 4.98. The van der Waals surface area contributed by atoms with Crippen LogP contribution in [0.3, 0.4) is 0 Å². The third kappa shape index (κ3) is 3.19. The molecule has 96 valence electrons. The van der Waals surface area contributed by atoms with Gasteiger partial charge in [-0.1, -0.05) is 12.1 Å². The number of aromatic nitrogens is 3. The van der Waals surface area contributed by atoms with Crippen LogP contribution in [-0.2, 0) is 0 Å². The number of nitrogens with zero attached hydrogens (tertiary/aromatic N) is 3. The summed E-state index contributed by atoms with van der Waals surface area (Å²) >= 11 is 0. The molecule has 0 amide bonds. The summed E-state index contributed by atoms with van der Waals surface area (Å²) in [4.78, 5) is 8.66. The van der Waals surface area contributed by atoms with Crippen molar-refractivity contribution < 1.29 is 4.52 Å². The minimum Gasteiger partial charge on any atom is -0.370 e. The summed E-state index contributed by atoms with van der Waals surface area (Å²) in [5.41, 5.74) is 0.895. The lowest BCUT2D eigenvalue weighted by molar-refractivity contribution is 0.400. The highest BCUT2D eigenvalue weighted by atomic mass is 16.5. The Morgan fingerprint density at radius 3 is 2.67 bits per heavy atom. The van der Waals surface area contributed by atoms with Crippen LogP contribution in [-0.4, -0.2) is 21.7 Å². The first-order valence-corrected chi connectivity index (χ1v) is 5.97. The van der Waals surface area contributed by atoms with Gasteiger partial charge in [0, 0.05) is 24.4 Å². The molecule has 6 heteroatoms. The van der Waals surface area contributed by atoms with Crippen molar-refractivity contribution in [3.8, 4) is 0 Å². The fourth-order valence-corrected chi connectivity index (χ4v) is 1.51. The molecule has 0 aliphatic rings. The highest BCUT2D eigenvalue weighted by Gasteiger charge is 2.05. The van der Waals surface area contributed by atoms with E-state index in [-0.39, 0.29) is 0 Å². The third-order valence-corrected chi connectivity index (χ3v) is 2.28. The first-order valence-electron chi connectivity index (χ1n) is 5.97. The number of hydrogen-bond acceptors (Lipinski definition) is 6. The van der Waals surface area contributed by atoms with Crippen molar-refractivity contribution in [3.63, 3.8) is 0 Å². The van der Waals surface area contributed by atoms with E-state index in [0.29, 0.717) is 11.8 Å². The molecular formula is C12H17N5O. The molecule has 0 fully saturated rings. The molecule has 0 saturated carbocycles. The van der Waals surface area contributed by atoms with Gasteiger partial charge in [0.05, 0.1) is 0 Å². The Hall–Kier alpha value is -2.11. The summed E-state index contributed by atoms with van der Waals surface area (Å²) in [5, 5.41) is 10.1. The van der Waals surface area contributed by atoms with Crippen LogP contribution in [0.2, 0.25) is 0 Å².